The summed E-state index contributed by atoms with van der Waals surface area (Å²) < 4.78 is 28.3. The summed E-state index contributed by atoms with van der Waals surface area (Å²) in [7, 11) is 0.882. The lowest BCUT2D eigenvalue weighted by molar-refractivity contribution is -0.0155. The highest BCUT2D eigenvalue weighted by molar-refractivity contribution is 9.10. The number of fused-ring (bicyclic) bond motifs is 1. The lowest BCUT2D eigenvalue weighted by atomic mass is 9.89. The van der Waals surface area contributed by atoms with Crippen molar-refractivity contribution in [1.82, 2.24) is 30.0 Å². The molecule has 12 nitrogen and oxygen atoms in total. The molecule has 5 aromatic rings. The molecule has 0 bridgehead atoms. The van der Waals surface area contributed by atoms with Gasteiger partial charge in [0.15, 0.2) is 0 Å². The molecule has 3 aliphatic rings. The fourth-order valence-corrected chi connectivity index (χ4v) is 9.31. The van der Waals surface area contributed by atoms with Crippen LogP contribution < -0.4 is 30.9 Å². The predicted octanol–water partition coefficient (Wildman–Crippen LogP) is 7.01. The maximum atomic E-state index is 13.8. The second-order valence-corrected chi connectivity index (χ2v) is 18.4. The van der Waals surface area contributed by atoms with Gasteiger partial charge in [-0.3, -0.25) is 9.67 Å². The van der Waals surface area contributed by atoms with Gasteiger partial charge in [-0.25, -0.2) is 4.98 Å². The molecule has 1 unspecified atom stereocenters. The fourth-order valence-electron chi connectivity index (χ4n) is 7.54. The van der Waals surface area contributed by atoms with Crippen LogP contribution in [0.3, 0.4) is 0 Å². The summed E-state index contributed by atoms with van der Waals surface area (Å²) in [5.74, 6) is 2.67. The number of morpholine rings is 1. The number of methoxy groups -OCH3 is 1. The lowest BCUT2D eigenvalue weighted by Crippen LogP contribution is -2.46. The molecule has 2 saturated heterocycles. The van der Waals surface area contributed by atoms with E-state index in [-0.39, 0.29) is 6.10 Å². The van der Waals surface area contributed by atoms with Crippen LogP contribution in [0.4, 0.5) is 28.8 Å². The van der Waals surface area contributed by atoms with Crippen LogP contribution in [-0.4, -0.2) is 84.1 Å². The number of nitrogens with zero attached hydrogens (tertiary/aromatic N) is 6. The van der Waals surface area contributed by atoms with Gasteiger partial charge in [0.25, 0.3) is 0 Å². The van der Waals surface area contributed by atoms with Gasteiger partial charge in [0, 0.05) is 90.8 Å². The summed E-state index contributed by atoms with van der Waals surface area (Å²) in [5, 5.41) is 16.5. The maximum Gasteiger partial charge on any atom is 0.229 e. The van der Waals surface area contributed by atoms with Crippen molar-refractivity contribution in [2.45, 2.75) is 37.7 Å². The Morgan fingerprint density at radius 2 is 1.85 bits per heavy atom. The second-order valence-electron chi connectivity index (χ2n) is 14.4. The summed E-state index contributed by atoms with van der Waals surface area (Å²) >= 11 is 3.64. The van der Waals surface area contributed by atoms with Crippen molar-refractivity contribution in [3.8, 4) is 16.9 Å². The number of rotatable bonds is 10. The van der Waals surface area contributed by atoms with Crippen LogP contribution in [0.25, 0.3) is 22.0 Å². The number of piperidine rings is 1. The van der Waals surface area contributed by atoms with Crippen LogP contribution in [0.5, 0.6) is 5.75 Å². The summed E-state index contributed by atoms with van der Waals surface area (Å²) in [6, 6.07) is 12.3. The number of nitrogens with one attached hydrogen (secondary N) is 3. The molecule has 0 spiro atoms. The number of hydrogen-bond acceptors (Lipinski definition) is 11. The number of aromatic nitrogens is 5. The molecule has 272 valence electrons. The van der Waals surface area contributed by atoms with Gasteiger partial charge >= 0.3 is 0 Å². The van der Waals surface area contributed by atoms with Crippen LogP contribution >= 0.6 is 23.1 Å². The van der Waals surface area contributed by atoms with E-state index in [4.69, 9.17) is 19.4 Å². The minimum Gasteiger partial charge on any atom is -0.494 e. The molecule has 3 N–H and O–H groups in total. The SMILES string of the molecule is COc1cc(N2CCC(C3CNCCO3)CC2)c(-c2cnn(C)c2)cc1Nc1ncc(Br)c(Nc2ccc3nc(C4CC4)ccc3c2P(C)(C)=O)n1. The van der Waals surface area contributed by atoms with Crippen molar-refractivity contribution in [3.05, 3.63) is 65.2 Å². The molecule has 14 heteroatoms. The molecular weight excluding hydrogens is 741 g/mol. The van der Waals surface area contributed by atoms with Gasteiger partial charge in [-0.2, -0.15) is 10.1 Å². The fraction of sp³-hybridized carbons (Fsp3) is 0.421. The van der Waals surface area contributed by atoms with Crippen LogP contribution in [0, 0.1) is 5.92 Å². The number of aryl methyl sites for hydroxylation is 1. The van der Waals surface area contributed by atoms with Gasteiger partial charge in [-0.15, -0.1) is 0 Å². The number of pyridine rings is 1. The normalized spacial score (nSPS) is 18.5. The van der Waals surface area contributed by atoms with Gasteiger partial charge in [0.1, 0.15) is 18.7 Å². The molecule has 0 radical (unpaired) electrons. The molecule has 3 aromatic heterocycles. The van der Waals surface area contributed by atoms with Crippen molar-refractivity contribution in [3.63, 3.8) is 0 Å². The first kappa shape index (κ1) is 35.0. The Bertz CT molecular complexity index is 2150. The molecule has 2 aromatic carbocycles. The number of benzene rings is 2. The summed E-state index contributed by atoms with van der Waals surface area (Å²) in [5.41, 5.74) is 6.57. The van der Waals surface area contributed by atoms with Gasteiger partial charge in [0.2, 0.25) is 5.95 Å². The van der Waals surface area contributed by atoms with Crippen molar-refractivity contribution < 1.29 is 14.0 Å². The quantitative estimate of drug-likeness (QED) is 0.126. The molecule has 2 aliphatic heterocycles. The third kappa shape index (κ3) is 7.28. The molecule has 0 amide bonds. The van der Waals surface area contributed by atoms with Gasteiger partial charge in [-0.1, -0.05) is 6.07 Å². The van der Waals surface area contributed by atoms with Gasteiger partial charge < -0.3 is 34.9 Å². The second kappa shape index (κ2) is 14.4. The molecular formula is C38H45BrN9O3P. The van der Waals surface area contributed by atoms with E-state index in [2.05, 4.69) is 71.1 Å². The summed E-state index contributed by atoms with van der Waals surface area (Å²) in [4.78, 5) is 16.8. The van der Waals surface area contributed by atoms with E-state index in [1.165, 1.54) is 12.8 Å². The van der Waals surface area contributed by atoms with Crippen molar-refractivity contribution in [2.75, 3.05) is 68.8 Å². The van der Waals surface area contributed by atoms with Gasteiger partial charge in [-0.05, 0) is 85.1 Å². The third-order valence-electron chi connectivity index (χ3n) is 10.3. The number of anilines is 5. The number of halogens is 1. The van der Waals surface area contributed by atoms with E-state index in [9.17, 15) is 4.57 Å². The average Bonchev–Trinajstić information content (AvgIpc) is 3.92. The Morgan fingerprint density at radius 1 is 1.02 bits per heavy atom. The van der Waals surface area contributed by atoms with Gasteiger partial charge in [0.05, 0.1) is 47.4 Å². The zero-order valence-electron chi connectivity index (χ0n) is 30.0. The van der Waals surface area contributed by atoms with E-state index in [1.807, 2.05) is 36.3 Å². The minimum absolute atomic E-state index is 0.276. The molecule has 52 heavy (non-hydrogen) atoms. The highest BCUT2D eigenvalue weighted by atomic mass is 79.9. The van der Waals surface area contributed by atoms with Crippen molar-refractivity contribution in [2.24, 2.45) is 13.0 Å². The highest BCUT2D eigenvalue weighted by Crippen LogP contribution is 2.45. The van der Waals surface area contributed by atoms with Crippen LogP contribution in [0.2, 0.25) is 0 Å². The lowest BCUT2D eigenvalue weighted by Gasteiger charge is -2.39. The van der Waals surface area contributed by atoms with Crippen LogP contribution in [0.1, 0.15) is 37.3 Å². The Labute approximate surface area is 312 Å². The molecule has 1 atom stereocenters. The topological polar surface area (TPSA) is 131 Å². The summed E-state index contributed by atoms with van der Waals surface area (Å²) in [6.45, 7) is 8.08. The first-order chi connectivity index (χ1) is 25.1. The third-order valence-corrected chi connectivity index (χ3v) is 12.5. The average molecular weight is 787 g/mol. The maximum absolute atomic E-state index is 13.8. The molecule has 1 saturated carbocycles. The molecule has 3 fully saturated rings. The first-order valence-electron chi connectivity index (χ1n) is 18.0. The van der Waals surface area contributed by atoms with Crippen LogP contribution in [-0.2, 0) is 16.3 Å². The molecule has 5 heterocycles. The largest absolute Gasteiger partial charge is 0.494 e. The van der Waals surface area contributed by atoms with Crippen LogP contribution in [0.15, 0.2) is 59.5 Å². The summed E-state index contributed by atoms with van der Waals surface area (Å²) in [6.07, 6.45) is 10.4. The standard InChI is InChI=1S/C38H45BrN9O3P/c1-47-22-25(19-42-47)27-17-32(34(50-2)18-33(27)48-14-11-24(12-15-48)35-21-40-13-16-51-35)45-38-41-20-28(39)37(46-38)44-31-10-9-30-26(36(31)52(3,4)49)7-8-29(43-30)23-5-6-23/h7-10,17-20,22-24,35,40H,5-6,11-16,21H2,1-4H3,(H2,41,44,45,46). The van der Waals surface area contributed by atoms with E-state index < -0.39 is 7.14 Å². The smallest absolute Gasteiger partial charge is 0.229 e. The number of hydrogen-bond donors (Lipinski definition) is 3. The Morgan fingerprint density at radius 3 is 2.54 bits per heavy atom. The zero-order chi connectivity index (χ0) is 36.0. The van der Waals surface area contributed by atoms with E-state index in [1.54, 1.807) is 26.6 Å². The van der Waals surface area contributed by atoms with E-state index in [0.717, 1.165) is 95.7 Å². The molecule has 1 aliphatic carbocycles. The monoisotopic (exact) mass is 785 g/mol. The minimum atomic E-state index is -2.73. The predicted molar refractivity (Wildman–Crippen MR) is 212 cm³/mol. The Kier molecular flexibility index (Phi) is 9.71. The molecule has 8 rings (SSSR count). The van der Waals surface area contributed by atoms with E-state index in [0.29, 0.717) is 33.8 Å². The Balaban J connectivity index is 1.09. The first-order valence-corrected chi connectivity index (χ1v) is 21.4. The highest BCUT2D eigenvalue weighted by Gasteiger charge is 2.31. The van der Waals surface area contributed by atoms with E-state index >= 15 is 0 Å². The zero-order valence-corrected chi connectivity index (χ0v) is 32.5. The van der Waals surface area contributed by atoms with Crippen molar-refractivity contribution >= 4 is 68.1 Å². The number of ether oxygens (including phenoxy) is 2. The van der Waals surface area contributed by atoms with Crippen molar-refractivity contribution in [1.29, 1.82) is 0 Å². The Hall–Kier alpha value is -4.03.